The van der Waals surface area contributed by atoms with Crippen molar-refractivity contribution in [2.75, 3.05) is 11.9 Å². The van der Waals surface area contributed by atoms with Gasteiger partial charge in [-0.15, -0.1) is 0 Å². The highest BCUT2D eigenvalue weighted by atomic mass is 19.2. The Bertz CT molecular complexity index is 1050. The zero-order valence-corrected chi connectivity index (χ0v) is 15.4. The number of amides is 3. The summed E-state index contributed by atoms with van der Waals surface area (Å²) in [5, 5.41) is 14.0. The van der Waals surface area contributed by atoms with Gasteiger partial charge in [0.05, 0.1) is 35.4 Å². The zero-order chi connectivity index (χ0) is 20.8. The first-order valence-electron chi connectivity index (χ1n) is 8.94. The van der Waals surface area contributed by atoms with Crippen LogP contribution in [0.15, 0.2) is 24.5 Å². The molecule has 8 nitrogen and oxygen atoms in total. The van der Waals surface area contributed by atoms with E-state index in [0.717, 1.165) is 6.07 Å². The normalized spacial score (nSPS) is 17.2. The molecule has 148 valence electrons. The van der Waals surface area contributed by atoms with E-state index in [9.17, 15) is 18.4 Å². The minimum atomic E-state index is -1.02. The maximum absolute atomic E-state index is 14.5. The molecule has 1 spiro atoms. The van der Waals surface area contributed by atoms with Gasteiger partial charge in [0.1, 0.15) is 12.6 Å². The molecule has 29 heavy (non-hydrogen) atoms. The Balaban J connectivity index is 1.51. The molecule has 2 aliphatic rings. The number of urea groups is 1. The van der Waals surface area contributed by atoms with Crippen LogP contribution in [0.2, 0.25) is 0 Å². The number of nitrogens with zero attached hydrogens (tertiary/aromatic N) is 4. The summed E-state index contributed by atoms with van der Waals surface area (Å²) in [6.07, 6.45) is 3.56. The summed E-state index contributed by atoms with van der Waals surface area (Å²) in [6, 6.07) is 3.09. The summed E-state index contributed by atoms with van der Waals surface area (Å²) in [7, 11) is 0. The van der Waals surface area contributed by atoms with E-state index in [4.69, 9.17) is 5.26 Å². The van der Waals surface area contributed by atoms with Crippen molar-refractivity contribution < 1.29 is 18.4 Å². The molecule has 1 aliphatic carbocycles. The van der Waals surface area contributed by atoms with E-state index < -0.39 is 35.2 Å². The maximum atomic E-state index is 14.5. The van der Waals surface area contributed by atoms with E-state index >= 15 is 0 Å². The SMILES string of the molecule is CC(NC(=O)CN1C(=O)Nc2ccc(F)c(F)c2C12CC2)c1cnc(C#N)cn1. The lowest BCUT2D eigenvalue weighted by molar-refractivity contribution is -0.123. The fourth-order valence-corrected chi connectivity index (χ4v) is 3.61. The minimum absolute atomic E-state index is 0.0795. The summed E-state index contributed by atoms with van der Waals surface area (Å²) >= 11 is 0. The Morgan fingerprint density at radius 1 is 1.38 bits per heavy atom. The number of nitriles is 1. The number of halogens is 2. The lowest BCUT2D eigenvalue weighted by atomic mass is 9.97. The molecule has 0 radical (unpaired) electrons. The zero-order valence-electron chi connectivity index (χ0n) is 15.4. The topological polar surface area (TPSA) is 111 Å². The highest BCUT2D eigenvalue weighted by molar-refractivity contribution is 5.97. The van der Waals surface area contributed by atoms with E-state index in [2.05, 4.69) is 20.6 Å². The summed E-state index contributed by atoms with van der Waals surface area (Å²) in [5.41, 5.74) is -0.111. The smallest absolute Gasteiger partial charge is 0.323 e. The van der Waals surface area contributed by atoms with Crippen LogP contribution in [-0.4, -0.2) is 33.4 Å². The van der Waals surface area contributed by atoms with Crippen LogP contribution >= 0.6 is 0 Å². The molecular weight excluding hydrogens is 382 g/mol. The van der Waals surface area contributed by atoms with Gasteiger partial charge in [-0.25, -0.2) is 18.6 Å². The Kier molecular flexibility index (Phi) is 4.38. The summed E-state index contributed by atoms with van der Waals surface area (Å²) in [5.74, 6) is -2.49. The maximum Gasteiger partial charge on any atom is 0.323 e. The van der Waals surface area contributed by atoms with Crippen LogP contribution in [0, 0.1) is 23.0 Å². The molecular formula is C19H16F2N6O2. The third kappa shape index (κ3) is 3.14. The molecule has 2 N–H and O–H groups in total. The van der Waals surface area contributed by atoms with Gasteiger partial charge in [0, 0.05) is 5.56 Å². The fourth-order valence-electron chi connectivity index (χ4n) is 3.61. The minimum Gasteiger partial charge on any atom is -0.346 e. The van der Waals surface area contributed by atoms with Gasteiger partial charge < -0.3 is 15.5 Å². The summed E-state index contributed by atoms with van der Waals surface area (Å²) < 4.78 is 28.2. The molecule has 2 aromatic rings. The molecule has 4 rings (SSSR count). The van der Waals surface area contributed by atoms with Gasteiger partial charge in [0.15, 0.2) is 17.3 Å². The predicted molar refractivity (Wildman–Crippen MR) is 96.3 cm³/mol. The van der Waals surface area contributed by atoms with Crippen LogP contribution < -0.4 is 10.6 Å². The molecule has 2 heterocycles. The second-order valence-corrected chi connectivity index (χ2v) is 7.06. The van der Waals surface area contributed by atoms with Crippen molar-refractivity contribution in [3.63, 3.8) is 0 Å². The lowest BCUT2D eigenvalue weighted by Crippen LogP contribution is -2.52. The average molecular weight is 398 g/mol. The van der Waals surface area contributed by atoms with Gasteiger partial charge in [-0.3, -0.25) is 9.78 Å². The molecule has 1 unspecified atom stereocenters. The molecule has 1 aliphatic heterocycles. The molecule has 10 heteroatoms. The molecule has 0 bridgehead atoms. The lowest BCUT2D eigenvalue weighted by Gasteiger charge is -2.38. The second-order valence-electron chi connectivity index (χ2n) is 7.06. The van der Waals surface area contributed by atoms with Crippen molar-refractivity contribution in [2.45, 2.75) is 31.3 Å². The van der Waals surface area contributed by atoms with Gasteiger partial charge in [0.2, 0.25) is 5.91 Å². The number of benzene rings is 1. The highest BCUT2D eigenvalue weighted by Crippen LogP contribution is 2.56. The number of aromatic nitrogens is 2. The second kappa shape index (κ2) is 6.77. The quantitative estimate of drug-likeness (QED) is 0.821. The van der Waals surface area contributed by atoms with E-state index in [1.807, 2.05) is 6.07 Å². The van der Waals surface area contributed by atoms with E-state index in [1.54, 1.807) is 6.92 Å². The molecule has 1 saturated carbocycles. The van der Waals surface area contributed by atoms with Crippen molar-refractivity contribution in [2.24, 2.45) is 0 Å². The number of carbonyl (C=O) groups excluding carboxylic acids is 2. The number of carbonyl (C=O) groups is 2. The van der Waals surface area contributed by atoms with Gasteiger partial charge in [-0.05, 0) is 31.9 Å². The van der Waals surface area contributed by atoms with Crippen molar-refractivity contribution in [1.29, 1.82) is 5.26 Å². The van der Waals surface area contributed by atoms with Crippen LogP contribution in [0.1, 0.15) is 42.8 Å². The van der Waals surface area contributed by atoms with Gasteiger partial charge in [0.25, 0.3) is 0 Å². The monoisotopic (exact) mass is 398 g/mol. The first-order chi connectivity index (χ1) is 13.9. The largest absolute Gasteiger partial charge is 0.346 e. The van der Waals surface area contributed by atoms with Crippen LogP contribution in [-0.2, 0) is 10.3 Å². The predicted octanol–water partition coefficient (Wildman–Crippen LogP) is 2.34. The van der Waals surface area contributed by atoms with Crippen LogP contribution in [0.3, 0.4) is 0 Å². The molecule has 1 atom stereocenters. The Hall–Kier alpha value is -3.61. The van der Waals surface area contributed by atoms with E-state index in [0.29, 0.717) is 18.5 Å². The molecule has 1 aromatic heterocycles. The first kappa shape index (κ1) is 18.7. The van der Waals surface area contributed by atoms with Crippen molar-refractivity contribution in [3.05, 3.63) is 53.1 Å². The molecule has 1 fully saturated rings. The van der Waals surface area contributed by atoms with Gasteiger partial charge in [-0.1, -0.05) is 0 Å². The van der Waals surface area contributed by atoms with Crippen molar-refractivity contribution >= 4 is 17.6 Å². The number of hydrogen-bond acceptors (Lipinski definition) is 5. The average Bonchev–Trinajstić information content (AvgIpc) is 3.49. The third-order valence-corrected chi connectivity index (χ3v) is 5.20. The van der Waals surface area contributed by atoms with Gasteiger partial charge >= 0.3 is 6.03 Å². The Morgan fingerprint density at radius 3 is 2.76 bits per heavy atom. The Labute approximate surface area is 164 Å². The number of rotatable bonds is 4. The van der Waals surface area contributed by atoms with Crippen molar-refractivity contribution in [3.8, 4) is 6.07 Å². The van der Waals surface area contributed by atoms with Crippen LogP contribution in [0.5, 0.6) is 0 Å². The van der Waals surface area contributed by atoms with Gasteiger partial charge in [-0.2, -0.15) is 5.26 Å². The standard InChI is InChI=1S/C19H16F2N6O2/c1-10(14-8-23-11(6-22)7-24-14)25-15(28)9-27-18(29)26-13-3-2-12(20)17(21)16(13)19(27)4-5-19/h2-3,7-8,10H,4-5,9H2,1H3,(H,25,28)(H,26,29). The first-order valence-corrected chi connectivity index (χ1v) is 8.94. The van der Waals surface area contributed by atoms with E-state index in [1.165, 1.54) is 23.4 Å². The fraction of sp³-hybridized carbons (Fsp3) is 0.316. The molecule has 1 aromatic carbocycles. The number of hydrogen-bond donors (Lipinski definition) is 2. The van der Waals surface area contributed by atoms with Crippen LogP contribution in [0.25, 0.3) is 0 Å². The van der Waals surface area contributed by atoms with Crippen LogP contribution in [0.4, 0.5) is 19.3 Å². The molecule has 0 saturated heterocycles. The number of anilines is 1. The Morgan fingerprint density at radius 2 is 2.14 bits per heavy atom. The summed E-state index contributed by atoms with van der Waals surface area (Å²) in [4.78, 5) is 34.3. The van der Waals surface area contributed by atoms with Crippen molar-refractivity contribution in [1.82, 2.24) is 20.2 Å². The highest BCUT2D eigenvalue weighted by Gasteiger charge is 2.57. The number of nitrogens with one attached hydrogen (secondary N) is 2. The van der Waals surface area contributed by atoms with E-state index in [-0.39, 0.29) is 23.5 Å². The molecule has 3 amide bonds. The number of fused-ring (bicyclic) bond motifs is 2. The third-order valence-electron chi connectivity index (χ3n) is 5.20. The summed E-state index contributed by atoms with van der Waals surface area (Å²) in [6.45, 7) is 1.36.